The summed E-state index contributed by atoms with van der Waals surface area (Å²) in [7, 11) is 0. The van der Waals surface area contributed by atoms with Crippen LogP contribution >= 0.6 is 11.8 Å². The van der Waals surface area contributed by atoms with E-state index in [0.29, 0.717) is 29.0 Å². The predicted octanol–water partition coefficient (Wildman–Crippen LogP) is 3.49. The third kappa shape index (κ3) is 3.73. The van der Waals surface area contributed by atoms with Crippen molar-refractivity contribution in [2.75, 3.05) is 12.8 Å². The molecule has 8 heteroatoms. The maximum absolute atomic E-state index is 13.4. The van der Waals surface area contributed by atoms with Gasteiger partial charge in [-0.3, -0.25) is 14.2 Å². The van der Waals surface area contributed by atoms with E-state index in [-0.39, 0.29) is 18.0 Å². The fourth-order valence-corrected chi connectivity index (χ4v) is 3.88. The average Bonchev–Trinajstić information content (AvgIpc) is 3.22. The summed E-state index contributed by atoms with van der Waals surface area (Å²) in [5.41, 5.74) is 1.74. The van der Waals surface area contributed by atoms with Gasteiger partial charge in [-0.25, -0.2) is 9.97 Å². The van der Waals surface area contributed by atoms with Gasteiger partial charge in [-0.05, 0) is 37.4 Å². The van der Waals surface area contributed by atoms with Gasteiger partial charge in [0.25, 0.3) is 11.5 Å². The molecule has 0 spiro atoms. The Bertz CT molecular complexity index is 1250. The van der Waals surface area contributed by atoms with Crippen LogP contribution in [0.4, 0.5) is 0 Å². The predicted molar refractivity (Wildman–Crippen MR) is 118 cm³/mol. The summed E-state index contributed by atoms with van der Waals surface area (Å²) in [5.74, 6) is 0.273. The van der Waals surface area contributed by atoms with Crippen LogP contribution in [0.1, 0.15) is 23.2 Å². The number of aromatic amines is 1. The fourth-order valence-electron chi connectivity index (χ4n) is 3.34. The van der Waals surface area contributed by atoms with E-state index >= 15 is 0 Å². The number of amides is 1. The molecule has 0 unspecified atom stereocenters. The Balaban J connectivity index is 1.69. The van der Waals surface area contributed by atoms with Crippen LogP contribution in [0.2, 0.25) is 0 Å². The van der Waals surface area contributed by atoms with Crippen molar-refractivity contribution in [3.8, 4) is 5.69 Å². The van der Waals surface area contributed by atoms with E-state index in [1.165, 1.54) is 11.8 Å². The molecule has 152 valence electrons. The highest BCUT2D eigenvalue weighted by molar-refractivity contribution is 7.98. The van der Waals surface area contributed by atoms with Gasteiger partial charge in [0.15, 0.2) is 5.16 Å². The first-order chi connectivity index (χ1) is 14.6. The maximum atomic E-state index is 13.4. The molecule has 0 radical (unpaired) electrons. The van der Waals surface area contributed by atoms with Crippen LogP contribution in [0, 0.1) is 0 Å². The number of H-pyrrole nitrogens is 1. The van der Waals surface area contributed by atoms with Gasteiger partial charge in [0.2, 0.25) is 0 Å². The molecule has 2 aromatic carbocycles. The first kappa shape index (κ1) is 19.9. The van der Waals surface area contributed by atoms with Gasteiger partial charge >= 0.3 is 0 Å². The number of carbonyl (C=O) groups is 1. The molecule has 0 saturated carbocycles. The molecule has 7 nitrogen and oxygen atoms in total. The Kier molecular flexibility index (Phi) is 5.67. The molecular weight excluding hydrogens is 398 g/mol. The number of benzene rings is 2. The van der Waals surface area contributed by atoms with Crippen LogP contribution in [-0.4, -0.2) is 43.1 Å². The zero-order valence-corrected chi connectivity index (χ0v) is 17.5. The number of rotatable bonds is 6. The molecule has 0 atom stereocenters. The van der Waals surface area contributed by atoms with Crippen LogP contribution in [-0.2, 0) is 6.54 Å². The molecule has 1 amide bonds. The van der Waals surface area contributed by atoms with Crippen LogP contribution in [0.3, 0.4) is 0 Å². The quantitative estimate of drug-likeness (QED) is 0.484. The SMILES string of the molecule is CCN(Cc1nc2ccccc2c(=O)[nH]1)C(=O)c1cnc(SC)n1-c1ccccc1. The van der Waals surface area contributed by atoms with Gasteiger partial charge in [-0.15, -0.1) is 0 Å². The molecule has 0 aliphatic heterocycles. The standard InChI is InChI=1S/C22H21N5O2S/c1-3-26(14-19-24-17-12-8-7-11-16(17)20(28)25-19)21(29)18-13-23-22(30-2)27(18)15-9-5-4-6-10-15/h4-13H,3,14H2,1-2H3,(H,24,25,28). The van der Waals surface area contributed by atoms with E-state index in [4.69, 9.17) is 0 Å². The van der Waals surface area contributed by atoms with E-state index in [9.17, 15) is 9.59 Å². The third-order valence-electron chi connectivity index (χ3n) is 4.82. The van der Waals surface area contributed by atoms with E-state index in [2.05, 4.69) is 15.0 Å². The zero-order valence-electron chi connectivity index (χ0n) is 16.7. The molecule has 2 heterocycles. The number of nitrogens with one attached hydrogen (secondary N) is 1. The van der Waals surface area contributed by atoms with Crippen LogP contribution in [0.15, 0.2) is 70.7 Å². The second kappa shape index (κ2) is 8.54. The van der Waals surface area contributed by atoms with Gasteiger partial charge in [-0.2, -0.15) is 0 Å². The third-order valence-corrected chi connectivity index (χ3v) is 5.47. The number of hydrogen-bond donors (Lipinski definition) is 1. The van der Waals surface area contributed by atoms with Crippen molar-refractivity contribution in [1.29, 1.82) is 0 Å². The number of thioether (sulfide) groups is 1. The summed E-state index contributed by atoms with van der Waals surface area (Å²) in [6.07, 6.45) is 3.53. The van der Waals surface area contributed by atoms with Crippen molar-refractivity contribution in [3.63, 3.8) is 0 Å². The largest absolute Gasteiger partial charge is 0.330 e. The van der Waals surface area contributed by atoms with Gasteiger partial charge in [0, 0.05) is 12.2 Å². The molecule has 4 rings (SSSR count). The highest BCUT2D eigenvalue weighted by atomic mass is 32.2. The monoisotopic (exact) mass is 419 g/mol. The van der Waals surface area contributed by atoms with Crippen LogP contribution in [0.25, 0.3) is 16.6 Å². The van der Waals surface area contributed by atoms with E-state index in [1.807, 2.05) is 54.1 Å². The van der Waals surface area contributed by atoms with E-state index in [0.717, 1.165) is 10.8 Å². The number of nitrogens with zero attached hydrogens (tertiary/aromatic N) is 4. The van der Waals surface area contributed by atoms with Gasteiger partial charge in [-0.1, -0.05) is 42.1 Å². The molecule has 0 fully saturated rings. The lowest BCUT2D eigenvalue weighted by atomic mass is 10.2. The van der Waals surface area contributed by atoms with Crippen LogP contribution in [0.5, 0.6) is 0 Å². The Hall–Kier alpha value is -3.39. The Morgan fingerprint density at radius 2 is 1.87 bits per heavy atom. The van der Waals surface area contributed by atoms with Gasteiger partial charge < -0.3 is 9.88 Å². The first-order valence-electron chi connectivity index (χ1n) is 9.56. The second-order valence-electron chi connectivity index (χ2n) is 6.65. The lowest BCUT2D eigenvalue weighted by Crippen LogP contribution is -2.33. The molecule has 0 bridgehead atoms. The first-order valence-corrected chi connectivity index (χ1v) is 10.8. The van der Waals surface area contributed by atoms with E-state index < -0.39 is 0 Å². The van der Waals surface area contributed by atoms with Gasteiger partial charge in [0.1, 0.15) is 11.5 Å². The lowest BCUT2D eigenvalue weighted by Gasteiger charge is -2.21. The fraction of sp³-hybridized carbons (Fsp3) is 0.182. The Morgan fingerprint density at radius 1 is 1.13 bits per heavy atom. The highest BCUT2D eigenvalue weighted by Gasteiger charge is 2.23. The van der Waals surface area contributed by atoms with E-state index in [1.54, 1.807) is 29.3 Å². The highest BCUT2D eigenvalue weighted by Crippen LogP contribution is 2.23. The molecule has 0 aliphatic carbocycles. The molecule has 0 saturated heterocycles. The number of imidazole rings is 1. The molecule has 30 heavy (non-hydrogen) atoms. The van der Waals surface area contributed by atoms with Crippen LogP contribution < -0.4 is 5.56 Å². The summed E-state index contributed by atoms with van der Waals surface area (Å²) in [6, 6.07) is 16.8. The number of hydrogen-bond acceptors (Lipinski definition) is 5. The molecular formula is C22H21N5O2S. The summed E-state index contributed by atoms with van der Waals surface area (Å²) in [4.78, 5) is 39.1. The summed E-state index contributed by atoms with van der Waals surface area (Å²) in [6.45, 7) is 2.56. The maximum Gasteiger partial charge on any atom is 0.272 e. The molecule has 4 aromatic rings. The Labute approximate surface area is 177 Å². The summed E-state index contributed by atoms with van der Waals surface area (Å²) in [5, 5.41) is 1.26. The number of aromatic nitrogens is 4. The van der Waals surface area contributed by atoms with Crippen molar-refractivity contribution in [3.05, 3.63) is 82.7 Å². The molecule has 0 aliphatic rings. The molecule has 1 N–H and O–H groups in total. The lowest BCUT2D eigenvalue weighted by molar-refractivity contribution is 0.0739. The number of fused-ring (bicyclic) bond motifs is 1. The zero-order chi connectivity index (χ0) is 21.1. The Morgan fingerprint density at radius 3 is 2.60 bits per heavy atom. The van der Waals surface area contributed by atoms with Crippen molar-refractivity contribution < 1.29 is 4.79 Å². The smallest absolute Gasteiger partial charge is 0.272 e. The van der Waals surface area contributed by atoms with Crippen molar-refractivity contribution >= 4 is 28.6 Å². The minimum atomic E-state index is -0.210. The van der Waals surface area contributed by atoms with Crippen molar-refractivity contribution in [1.82, 2.24) is 24.4 Å². The van der Waals surface area contributed by atoms with Crippen molar-refractivity contribution in [2.24, 2.45) is 0 Å². The average molecular weight is 420 g/mol. The van der Waals surface area contributed by atoms with Crippen molar-refractivity contribution in [2.45, 2.75) is 18.6 Å². The topological polar surface area (TPSA) is 83.9 Å². The van der Waals surface area contributed by atoms with Gasteiger partial charge in [0.05, 0.1) is 23.6 Å². The normalized spacial score (nSPS) is 11.0. The summed E-state index contributed by atoms with van der Waals surface area (Å²) >= 11 is 1.48. The number of para-hydroxylation sites is 2. The second-order valence-corrected chi connectivity index (χ2v) is 7.42. The summed E-state index contributed by atoms with van der Waals surface area (Å²) < 4.78 is 1.85. The minimum Gasteiger partial charge on any atom is -0.330 e. The number of carbonyl (C=O) groups excluding carboxylic acids is 1. The molecule has 2 aromatic heterocycles. The minimum absolute atomic E-state index is 0.176.